The Kier molecular flexibility index (Phi) is 4.12. The van der Waals surface area contributed by atoms with Gasteiger partial charge in [-0.3, -0.25) is 4.79 Å². The van der Waals surface area contributed by atoms with Crippen LogP contribution in [0.3, 0.4) is 0 Å². The van der Waals surface area contributed by atoms with E-state index in [4.69, 9.17) is 15.7 Å². The third-order valence-electron chi connectivity index (χ3n) is 3.84. The fourth-order valence-electron chi connectivity index (χ4n) is 2.60. The van der Waals surface area contributed by atoms with Crippen LogP contribution >= 0.6 is 0 Å². The van der Waals surface area contributed by atoms with Crippen molar-refractivity contribution >= 4 is 17.4 Å². The Labute approximate surface area is 117 Å². The van der Waals surface area contributed by atoms with E-state index in [0.717, 1.165) is 18.6 Å². The van der Waals surface area contributed by atoms with Crippen molar-refractivity contribution in [3.05, 3.63) is 24.3 Å². The number of carbonyl (C=O) groups excluding carboxylic acids is 1. The minimum Gasteiger partial charge on any atom is -0.497 e. The van der Waals surface area contributed by atoms with Crippen molar-refractivity contribution < 1.29 is 14.7 Å². The van der Waals surface area contributed by atoms with Crippen LogP contribution in [-0.4, -0.2) is 24.1 Å². The second-order valence-corrected chi connectivity index (χ2v) is 4.96. The van der Waals surface area contributed by atoms with Gasteiger partial charge in [0.25, 0.3) is 0 Å². The Bertz CT molecular complexity index is 505. The van der Waals surface area contributed by atoms with Crippen molar-refractivity contribution in [3.63, 3.8) is 0 Å². The number of carbonyl (C=O) groups is 1. The van der Waals surface area contributed by atoms with E-state index in [-0.39, 0.29) is 11.7 Å². The molecule has 0 aliphatic heterocycles. The minimum absolute atomic E-state index is 0.0130. The number of amidine groups is 1. The minimum atomic E-state index is -0.894. The predicted octanol–water partition coefficient (Wildman–Crippen LogP) is 1.94. The SMILES string of the molecule is COc1ccc(NC(=O)C2(C(N)=NO)CCCC2)cc1. The van der Waals surface area contributed by atoms with Gasteiger partial charge in [0.1, 0.15) is 11.2 Å². The summed E-state index contributed by atoms with van der Waals surface area (Å²) in [6.45, 7) is 0. The van der Waals surface area contributed by atoms with Gasteiger partial charge in [0.15, 0.2) is 5.84 Å². The molecule has 1 aromatic carbocycles. The number of nitrogens with two attached hydrogens (primary N) is 1. The number of hydrogen-bond acceptors (Lipinski definition) is 4. The molecule has 0 heterocycles. The zero-order valence-corrected chi connectivity index (χ0v) is 11.4. The number of nitrogens with zero attached hydrogens (tertiary/aromatic N) is 1. The lowest BCUT2D eigenvalue weighted by molar-refractivity contribution is -0.122. The van der Waals surface area contributed by atoms with Gasteiger partial charge in [-0.1, -0.05) is 18.0 Å². The van der Waals surface area contributed by atoms with Gasteiger partial charge in [-0.05, 0) is 37.1 Å². The predicted molar refractivity (Wildman–Crippen MR) is 75.9 cm³/mol. The Morgan fingerprint density at radius 2 is 1.95 bits per heavy atom. The quantitative estimate of drug-likeness (QED) is 0.339. The van der Waals surface area contributed by atoms with Crippen molar-refractivity contribution in [3.8, 4) is 5.75 Å². The van der Waals surface area contributed by atoms with Crippen molar-refractivity contribution in [2.24, 2.45) is 16.3 Å². The topological polar surface area (TPSA) is 96.9 Å². The molecule has 0 atom stereocenters. The van der Waals surface area contributed by atoms with Crippen LogP contribution in [-0.2, 0) is 4.79 Å². The molecule has 1 fully saturated rings. The van der Waals surface area contributed by atoms with Crippen LogP contribution in [0, 0.1) is 5.41 Å². The van der Waals surface area contributed by atoms with E-state index in [1.165, 1.54) is 0 Å². The van der Waals surface area contributed by atoms with E-state index in [0.29, 0.717) is 18.5 Å². The fraction of sp³-hybridized carbons (Fsp3) is 0.429. The molecule has 0 radical (unpaired) electrons. The Morgan fingerprint density at radius 3 is 2.45 bits per heavy atom. The number of oxime groups is 1. The van der Waals surface area contributed by atoms with Gasteiger partial charge < -0.3 is 21.0 Å². The molecule has 20 heavy (non-hydrogen) atoms. The molecule has 0 aromatic heterocycles. The van der Waals surface area contributed by atoms with Crippen LogP contribution in [0.1, 0.15) is 25.7 Å². The zero-order valence-electron chi connectivity index (χ0n) is 11.4. The molecule has 0 bridgehead atoms. The zero-order chi connectivity index (χ0) is 14.6. The number of nitrogens with one attached hydrogen (secondary N) is 1. The van der Waals surface area contributed by atoms with Crippen LogP contribution < -0.4 is 15.8 Å². The Hall–Kier alpha value is -2.24. The van der Waals surface area contributed by atoms with Crippen LogP contribution in [0.5, 0.6) is 5.75 Å². The first kappa shape index (κ1) is 14.2. The number of rotatable bonds is 4. The molecule has 1 aliphatic rings. The summed E-state index contributed by atoms with van der Waals surface area (Å²) in [5.74, 6) is 0.478. The number of amides is 1. The maximum Gasteiger partial charge on any atom is 0.238 e. The van der Waals surface area contributed by atoms with Gasteiger partial charge in [0.2, 0.25) is 5.91 Å². The number of benzene rings is 1. The van der Waals surface area contributed by atoms with Gasteiger partial charge in [-0.25, -0.2) is 0 Å². The molecule has 108 valence electrons. The molecule has 1 aliphatic carbocycles. The van der Waals surface area contributed by atoms with Crippen molar-refractivity contribution in [2.45, 2.75) is 25.7 Å². The Morgan fingerprint density at radius 1 is 1.35 bits per heavy atom. The summed E-state index contributed by atoms with van der Waals surface area (Å²) in [4.78, 5) is 12.5. The first-order valence-electron chi connectivity index (χ1n) is 6.56. The highest BCUT2D eigenvalue weighted by atomic mass is 16.5. The molecule has 0 unspecified atom stereocenters. The lowest BCUT2D eigenvalue weighted by Crippen LogP contribution is -2.45. The van der Waals surface area contributed by atoms with Crippen LogP contribution in [0.2, 0.25) is 0 Å². The molecule has 1 saturated carbocycles. The maximum absolute atomic E-state index is 12.5. The molecular formula is C14H19N3O3. The van der Waals surface area contributed by atoms with Gasteiger partial charge in [-0.2, -0.15) is 0 Å². The molecular weight excluding hydrogens is 258 g/mol. The van der Waals surface area contributed by atoms with Gasteiger partial charge in [-0.15, -0.1) is 0 Å². The highest BCUT2D eigenvalue weighted by Gasteiger charge is 2.45. The molecule has 4 N–H and O–H groups in total. The largest absolute Gasteiger partial charge is 0.497 e. The summed E-state index contributed by atoms with van der Waals surface area (Å²) < 4.78 is 5.06. The first-order chi connectivity index (χ1) is 9.62. The Balaban J connectivity index is 2.16. The average Bonchev–Trinajstić information content (AvgIpc) is 2.98. The summed E-state index contributed by atoms with van der Waals surface area (Å²) >= 11 is 0. The number of hydrogen-bond donors (Lipinski definition) is 3. The van der Waals surface area contributed by atoms with Gasteiger partial charge in [0.05, 0.1) is 7.11 Å². The molecule has 2 rings (SSSR count). The third kappa shape index (κ3) is 2.54. The summed E-state index contributed by atoms with van der Waals surface area (Å²) in [7, 11) is 1.58. The highest BCUT2D eigenvalue weighted by Crippen LogP contribution is 2.39. The van der Waals surface area contributed by atoms with Gasteiger partial charge >= 0.3 is 0 Å². The summed E-state index contributed by atoms with van der Waals surface area (Å²) in [6.07, 6.45) is 2.99. The first-order valence-corrected chi connectivity index (χ1v) is 6.56. The molecule has 1 aromatic rings. The number of methoxy groups -OCH3 is 1. The standard InChI is InChI=1S/C14H19N3O3/c1-20-11-6-4-10(5-7-11)16-13(18)14(12(15)17-19)8-2-3-9-14/h4-7,19H,2-3,8-9H2,1H3,(H2,15,17)(H,16,18). The van der Waals surface area contributed by atoms with Crippen LogP contribution in [0.4, 0.5) is 5.69 Å². The highest BCUT2D eigenvalue weighted by molar-refractivity contribution is 6.12. The lowest BCUT2D eigenvalue weighted by Gasteiger charge is -2.25. The third-order valence-corrected chi connectivity index (χ3v) is 3.84. The summed E-state index contributed by atoms with van der Waals surface area (Å²) in [5, 5.41) is 14.8. The van der Waals surface area contributed by atoms with E-state index < -0.39 is 5.41 Å². The van der Waals surface area contributed by atoms with Gasteiger partial charge in [0, 0.05) is 5.69 Å². The van der Waals surface area contributed by atoms with Crippen molar-refractivity contribution in [1.82, 2.24) is 0 Å². The van der Waals surface area contributed by atoms with Crippen molar-refractivity contribution in [1.29, 1.82) is 0 Å². The van der Waals surface area contributed by atoms with Crippen LogP contribution in [0.25, 0.3) is 0 Å². The van der Waals surface area contributed by atoms with E-state index in [1.54, 1.807) is 31.4 Å². The number of anilines is 1. The lowest BCUT2D eigenvalue weighted by atomic mass is 9.83. The maximum atomic E-state index is 12.5. The average molecular weight is 277 g/mol. The molecule has 0 spiro atoms. The van der Waals surface area contributed by atoms with E-state index in [9.17, 15) is 4.79 Å². The van der Waals surface area contributed by atoms with E-state index in [1.807, 2.05) is 0 Å². The second-order valence-electron chi connectivity index (χ2n) is 4.96. The normalized spacial score (nSPS) is 17.8. The summed E-state index contributed by atoms with van der Waals surface area (Å²) in [5.41, 5.74) is 5.50. The molecule has 6 heteroatoms. The molecule has 6 nitrogen and oxygen atoms in total. The van der Waals surface area contributed by atoms with E-state index in [2.05, 4.69) is 10.5 Å². The van der Waals surface area contributed by atoms with E-state index >= 15 is 0 Å². The van der Waals surface area contributed by atoms with Crippen molar-refractivity contribution in [2.75, 3.05) is 12.4 Å². The summed E-state index contributed by atoms with van der Waals surface area (Å²) in [6, 6.07) is 7.04. The van der Waals surface area contributed by atoms with Crippen LogP contribution in [0.15, 0.2) is 29.4 Å². The smallest absolute Gasteiger partial charge is 0.238 e. The number of ether oxygens (including phenoxy) is 1. The molecule has 1 amide bonds. The molecule has 0 saturated heterocycles. The second kappa shape index (κ2) is 5.81. The monoisotopic (exact) mass is 277 g/mol. The fourth-order valence-corrected chi connectivity index (χ4v) is 2.60.